The summed E-state index contributed by atoms with van der Waals surface area (Å²) in [5, 5.41) is 21.3. The molecule has 2 spiro atoms. The number of aliphatic hydroxyl groups excluding tert-OH is 1. The Hall–Kier alpha value is -0.240. The monoisotopic (exact) mass is 545 g/mol. The first-order valence-corrected chi connectivity index (χ1v) is 16.3. The van der Waals surface area contributed by atoms with Crippen molar-refractivity contribution in [3.63, 3.8) is 0 Å². The van der Waals surface area contributed by atoms with Crippen molar-refractivity contribution >= 4 is 0 Å². The van der Waals surface area contributed by atoms with Gasteiger partial charge >= 0.3 is 0 Å². The molecule has 7 rings (SSSR count). The average Bonchev–Trinajstić information content (AvgIpc) is 3.45. The maximum atomic E-state index is 10.8. The van der Waals surface area contributed by atoms with Crippen molar-refractivity contribution in [3.05, 3.63) is 0 Å². The molecule has 7 fully saturated rings. The lowest BCUT2D eigenvalue weighted by Gasteiger charge is -2.60. The van der Waals surface area contributed by atoms with Gasteiger partial charge in [0, 0.05) is 13.1 Å². The summed E-state index contributed by atoms with van der Waals surface area (Å²) in [6.07, 6.45) is 11.9. The minimum absolute atomic E-state index is 0.0810. The fraction of sp³-hybridized carbons (Fsp3) is 1.00. The molecular formula is C33H55NO5. The van der Waals surface area contributed by atoms with Crippen molar-refractivity contribution in [2.75, 3.05) is 26.7 Å². The number of likely N-dealkylation sites (N-methyl/N-ethyl adjacent to an activating group) is 1. The lowest BCUT2D eigenvalue weighted by atomic mass is 9.46. The van der Waals surface area contributed by atoms with Gasteiger partial charge in [-0.15, -0.1) is 0 Å². The molecule has 0 aromatic carbocycles. The van der Waals surface area contributed by atoms with Gasteiger partial charge in [0.05, 0.1) is 30.5 Å². The molecule has 2 heterocycles. The molecule has 5 saturated carbocycles. The van der Waals surface area contributed by atoms with Gasteiger partial charge < -0.3 is 24.4 Å². The molecular weight excluding hydrogens is 490 g/mol. The summed E-state index contributed by atoms with van der Waals surface area (Å²) in [7, 11) is 2.17. The van der Waals surface area contributed by atoms with E-state index in [2.05, 4.69) is 32.7 Å². The zero-order valence-corrected chi connectivity index (χ0v) is 25.5. The molecule has 12 unspecified atom stereocenters. The normalized spacial score (nSPS) is 53.5. The molecule has 0 amide bonds. The summed E-state index contributed by atoms with van der Waals surface area (Å²) < 4.78 is 19.5. The van der Waals surface area contributed by atoms with Crippen LogP contribution in [0.25, 0.3) is 0 Å². The van der Waals surface area contributed by atoms with Crippen LogP contribution in [0, 0.1) is 45.3 Å². The summed E-state index contributed by atoms with van der Waals surface area (Å²) in [4.78, 5) is 2.34. The van der Waals surface area contributed by atoms with Crippen LogP contribution in [0.2, 0.25) is 0 Å². The number of nitrogens with zero attached hydrogens (tertiary/aromatic N) is 1. The van der Waals surface area contributed by atoms with Crippen molar-refractivity contribution in [2.45, 2.75) is 135 Å². The third-order valence-corrected chi connectivity index (χ3v) is 14.2. The zero-order chi connectivity index (χ0) is 27.6. The highest BCUT2D eigenvalue weighted by atomic mass is 16.7. The van der Waals surface area contributed by atoms with Gasteiger partial charge in [-0.25, -0.2) is 0 Å². The first kappa shape index (κ1) is 27.6. The highest BCUT2D eigenvalue weighted by Crippen LogP contribution is 2.87. The smallest absolute Gasteiger partial charge is 0.170 e. The molecule has 7 aliphatic rings. The molecule has 6 nitrogen and oxygen atoms in total. The van der Waals surface area contributed by atoms with Crippen LogP contribution in [0.5, 0.6) is 0 Å². The molecule has 222 valence electrons. The van der Waals surface area contributed by atoms with E-state index >= 15 is 0 Å². The first-order chi connectivity index (χ1) is 18.3. The molecule has 6 heteroatoms. The number of ether oxygens (including phenoxy) is 3. The number of aliphatic hydroxyl groups is 2. The number of hydrogen-bond acceptors (Lipinski definition) is 6. The molecule has 0 bridgehead atoms. The summed E-state index contributed by atoms with van der Waals surface area (Å²) >= 11 is 0. The van der Waals surface area contributed by atoms with Crippen molar-refractivity contribution < 1.29 is 24.4 Å². The summed E-state index contributed by atoms with van der Waals surface area (Å²) in [6.45, 7) is 13.7. The molecule has 0 aromatic heterocycles. The van der Waals surface area contributed by atoms with Gasteiger partial charge in [-0.3, -0.25) is 4.90 Å². The molecule has 5 aliphatic carbocycles. The molecule has 2 N–H and O–H groups in total. The van der Waals surface area contributed by atoms with E-state index in [0.29, 0.717) is 22.2 Å². The number of fused-ring (bicyclic) bond motifs is 4. The Bertz CT molecular complexity index is 964. The van der Waals surface area contributed by atoms with Crippen LogP contribution in [-0.4, -0.2) is 78.2 Å². The second-order valence-electron chi connectivity index (χ2n) is 16.6. The van der Waals surface area contributed by atoms with Gasteiger partial charge in [0.2, 0.25) is 0 Å². The molecule has 39 heavy (non-hydrogen) atoms. The Labute approximate surface area is 236 Å². The van der Waals surface area contributed by atoms with E-state index in [1.165, 1.54) is 44.9 Å². The molecule has 0 aromatic rings. The Balaban J connectivity index is 1.08. The summed E-state index contributed by atoms with van der Waals surface area (Å²) in [6, 6.07) is 0. The maximum absolute atomic E-state index is 10.8. The zero-order valence-electron chi connectivity index (χ0n) is 25.5. The fourth-order valence-electron chi connectivity index (χ4n) is 12.2. The van der Waals surface area contributed by atoms with E-state index < -0.39 is 11.7 Å². The van der Waals surface area contributed by atoms with Gasteiger partial charge in [0.1, 0.15) is 6.10 Å². The van der Waals surface area contributed by atoms with E-state index in [4.69, 9.17) is 14.2 Å². The fourth-order valence-corrected chi connectivity index (χ4v) is 12.2. The van der Waals surface area contributed by atoms with E-state index in [1.807, 2.05) is 0 Å². The van der Waals surface area contributed by atoms with Crippen LogP contribution in [-0.2, 0) is 14.2 Å². The Morgan fingerprint density at radius 2 is 1.72 bits per heavy atom. The second kappa shape index (κ2) is 8.89. The van der Waals surface area contributed by atoms with Crippen molar-refractivity contribution in [3.8, 4) is 0 Å². The van der Waals surface area contributed by atoms with Gasteiger partial charge in [0.15, 0.2) is 6.29 Å². The predicted octanol–water partition coefficient (Wildman–Crippen LogP) is 5.00. The summed E-state index contributed by atoms with van der Waals surface area (Å²) in [5.74, 6) is 2.91. The molecule has 2 saturated heterocycles. The topological polar surface area (TPSA) is 71.4 Å². The van der Waals surface area contributed by atoms with Gasteiger partial charge in [0.25, 0.3) is 0 Å². The van der Waals surface area contributed by atoms with Crippen LogP contribution < -0.4 is 0 Å². The molecule has 0 radical (unpaired) electrons. The van der Waals surface area contributed by atoms with E-state index in [9.17, 15) is 10.2 Å². The second-order valence-corrected chi connectivity index (χ2v) is 16.6. The highest BCUT2D eigenvalue weighted by Gasteiger charge is 2.80. The highest BCUT2D eigenvalue weighted by molar-refractivity contribution is 5.29. The van der Waals surface area contributed by atoms with Crippen molar-refractivity contribution in [1.29, 1.82) is 0 Å². The van der Waals surface area contributed by atoms with Gasteiger partial charge in [-0.1, -0.05) is 20.8 Å². The first-order valence-electron chi connectivity index (χ1n) is 16.3. The predicted molar refractivity (Wildman–Crippen MR) is 150 cm³/mol. The van der Waals surface area contributed by atoms with Crippen LogP contribution >= 0.6 is 0 Å². The Morgan fingerprint density at radius 3 is 2.46 bits per heavy atom. The maximum Gasteiger partial charge on any atom is 0.170 e. The van der Waals surface area contributed by atoms with Gasteiger partial charge in [-0.05, 0) is 130 Å². The number of hydrogen-bond donors (Lipinski definition) is 2. The number of morpholine rings is 1. The molecule has 12 atom stereocenters. The quantitative estimate of drug-likeness (QED) is 0.518. The largest absolute Gasteiger partial charge is 0.388 e. The van der Waals surface area contributed by atoms with Crippen molar-refractivity contribution in [2.24, 2.45) is 45.3 Å². The summed E-state index contributed by atoms with van der Waals surface area (Å²) in [5.41, 5.74) is 0.467. The third-order valence-electron chi connectivity index (χ3n) is 14.2. The van der Waals surface area contributed by atoms with Gasteiger partial charge in [-0.2, -0.15) is 0 Å². The van der Waals surface area contributed by atoms with E-state index in [-0.39, 0.29) is 30.0 Å². The van der Waals surface area contributed by atoms with Crippen LogP contribution in [0.3, 0.4) is 0 Å². The average molecular weight is 546 g/mol. The Kier molecular flexibility index (Phi) is 6.29. The minimum Gasteiger partial charge on any atom is -0.388 e. The lowest BCUT2D eigenvalue weighted by Crippen LogP contribution is -2.56. The standard InChI is InChI=1S/C33H55NO5/c1-29(2)25-10-8-20-22-17-24-21(7-9-23(38-24)28(35)30(3,4)36)31(22,5)13-14-32(20)19-33(25,32)12-11-26(29)39-27-18-34(6)15-16-37-27/h20-28,35-36H,7-19H2,1-6H3. The molecule has 2 aliphatic heterocycles. The van der Waals surface area contributed by atoms with E-state index in [0.717, 1.165) is 56.7 Å². The number of rotatable bonds is 4. The SMILES string of the molecule is CN1CCOC(OC2CCC34CC35CCC3(C)C6CCC(C(O)C(C)(C)O)OC6CC3C5CCC4C2(C)C)C1. The van der Waals surface area contributed by atoms with Crippen LogP contribution in [0.4, 0.5) is 0 Å². The van der Waals surface area contributed by atoms with Crippen LogP contribution in [0.1, 0.15) is 98.8 Å². The minimum atomic E-state index is -1.12. The van der Waals surface area contributed by atoms with Crippen molar-refractivity contribution in [1.82, 2.24) is 4.90 Å². The van der Waals surface area contributed by atoms with E-state index in [1.54, 1.807) is 13.8 Å². The Morgan fingerprint density at radius 1 is 0.949 bits per heavy atom. The van der Waals surface area contributed by atoms with Crippen LogP contribution in [0.15, 0.2) is 0 Å². The third kappa shape index (κ3) is 3.87. The lowest BCUT2D eigenvalue weighted by molar-refractivity contribution is -0.243.